The standard InChI is InChI=1S/C19H23NO3S.C17H23NOS/c1-19(2,3)23-18(21)20-16(17-11-22-17)12-24-15-9-8-13-6-4-5-7-14(13)10-15;1-3-13(17(19)11-18-2)12-20-16-9-8-14-6-4-5-7-15(14)10-16/h4-10,16-17H,11-12H2,1-3H3,(H,20,21);4-10,13,17-19H,3,11-12H2,1-2H3/t16-,17-;13-,17-/m00/s1. The fourth-order valence-electron chi connectivity index (χ4n) is 4.77. The first kappa shape index (κ1) is 34.1. The van der Waals surface area contributed by atoms with Crippen LogP contribution in [-0.2, 0) is 9.47 Å². The van der Waals surface area contributed by atoms with Crippen LogP contribution < -0.4 is 10.6 Å². The highest BCUT2D eigenvalue weighted by Crippen LogP contribution is 2.28. The third kappa shape index (κ3) is 11.0. The summed E-state index contributed by atoms with van der Waals surface area (Å²) in [6.45, 7) is 9.08. The summed E-state index contributed by atoms with van der Waals surface area (Å²) in [5, 5.41) is 21.1. The van der Waals surface area contributed by atoms with E-state index >= 15 is 0 Å². The van der Waals surface area contributed by atoms with Gasteiger partial charge in [-0.15, -0.1) is 23.5 Å². The van der Waals surface area contributed by atoms with E-state index in [-0.39, 0.29) is 24.3 Å². The van der Waals surface area contributed by atoms with E-state index in [4.69, 9.17) is 9.47 Å². The number of aliphatic hydroxyl groups excluding tert-OH is 1. The van der Waals surface area contributed by atoms with Crippen molar-refractivity contribution in [3.05, 3.63) is 84.9 Å². The van der Waals surface area contributed by atoms with E-state index in [1.165, 1.54) is 31.3 Å². The van der Waals surface area contributed by atoms with Crippen molar-refractivity contribution in [1.82, 2.24) is 10.6 Å². The van der Waals surface area contributed by atoms with Gasteiger partial charge < -0.3 is 25.2 Å². The topological polar surface area (TPSA) is 83.1 Å². The number of hydrogen-bond donors (Lipinski definition) is 3. The van der Waals surface area contributed by atoms with Crippen molar-refractivity contribution in [2.45, 2.75) is 67.8 Å². The summed E-state index contributed by atoms with van der Waals surface area (Å²) in [5.74, 6) is 2.04. The van der Waals surface area contributed by atoms with Gasteiger partial charge in [-0.3, -0.25) is 0 Å². The van der Waals surface area contributed by atoms with Gasteiger partial charge in [0.1, 0.15) is 11.7 Å². The zero-order chi connectivity index (χ0) is 31.5. The Balaban J connectivity index is 0.000000204. The zero-order valence-electron chi connectivity index (χ0n) is 26.4. The van der Waals surface area contributed by atoms with Crippen molar-refractivity contribution in [3.8, 4) is 0 Å². The van der Waals surface area contributed by atoms with E-state index in [1.54, 1.807) is 11.8 Å². The number of epoxide rings is 1. The van der Waals surface area contributed by atoms with Gasteiger partial charge in [0.2, 0.25) is 0 Å². The van der Waals surface area contributed by atoms with E-state index in [9.17, 15) is 9.90 Å². The number of carbonyl (C=O) groups excluding carboxylic acids is 1. The first-order chi connectivity index (χ1) is 21.1. The van der Waals surface area contributed by atoms with Crippen molar-refractivity contribution in [1.29, 1.82) is 0 Å². The van der Waals surface area contributed by atoms with Gasteiger partial charge in [0, 0.05) is 27.8 Å². The molecule has 0 aliphatic carbocycles. The molecule has 1 aliphatic rings. The summed E-state index contributed by atoms with van der Waals surface area (Å²) in [4.78, 5) is 14.5. The fraction of sp³-hybridized carbons (Fsp3) is 0.417. The number of thioether (sulfide) groups is 2. The second-order valence-electron chi connectivity index (χ2n) is 12.1. The van der Waals surface area contributed by atoms with Gasteiger partial charge in [-0.25, -0.2) is 4.79 Å². The average molecular weight is 635 g/mol. The molecule has 236 valence electrons. The van der Waals surface area contributed by atoms with Crippen LogP contribution in [0.25, 0.3) is 21.5 Å². The van der Waals surface area contributed by atoms with Gasteiger partial charge in [0.05, 0.1) is 18.8 Å². The SMILES string of the molecule is CC(C)(C)OC(=O)N[C@@H](CSc1ccc2ccccc2c1)[C@@H]1CO1.CC[C@@H](CSc1ccc2ccccc2c1)[C@@H](O)CNC. The second-order valence-corrected chi connectivity index (χ2v) is 14.2. The number of benzene rings is 4. The minimum atomic E-state index is -0.496. The molecule has 3 N–H and O–H groups in total. The number of carbonyl (C=O) groups is 1. The van der Waals surface area contributed by atoms with Crippen molar-refractivity contribution in [3.63, 3.8) is 0 Å². The van der Waals surface area contributed by atoms with Crippen LogP contribution in [0.15, 0.2) is 94.7 Å². The number of rotatable bonds is 12. The van der Waals surface area contributed by atoms with E-state index in [2.05, 4.69) is 90.4 Å². The maximum absolute atomic E-state index is 12.0. The first-order valence-electron chi connectivity index (χ1n) is 15.3. The van der Waals surface area contributed by atoms with Gasteiger partial charge >= 0.3 is 6.09 Å². The third-order valence-corrected chi connectivity index (χ3v) is 9.62. The molecule has 1 fully saturated rings. The molecular formula is C36H46N2O4S2. The highest BCUT2D eigenvalue weighted by molar-refractivity contribution is 7.99. The van der Waals surface area contributed by atoms with E-state index in [0.29, 0.717) is 19.1 Å². The normalized spacial score (nSPS) is 16.5. The van der Waals surface area contributed by atoms with Gasteiger partial charge in [0.25, 0.3) is 0 Å². The van der Waals surface area contributed by atoms with Crippen molar-refractivity contribution in [2.75, 3.05) is 31.7 Å². The van der Waals surface area contributed by atoms with Crippen molar-refractivity contribution >= 4 is 51.2 Å². The summed E-state index contributed by atoms with van der Waals surface area (Å²) < 4.78 is 10.7. The predicted octanol–water partition coefficient (Wildman–Crippen LogP) is 7.76. The Morgan fingerprint density at radius 3 is 1.91 bits per heavy atom. The molecule has 0 unspecified atom stereocenters. The monoisotopic (exact) mass is 634 g/mol. The van der Waals surface area contributed by atoms with Crippen LogP contribution >= 0.6 is 23.5 Å². The molecule has 44 heavy (non-hydrogen) atoms. The zero-order valence-corrected chi connectivity index (χ0v) is 28.0. The molecule has 0 saturated carbocycles. The Kier molecular flexibility index (Phi) is 12.8. The van der Waals surface area contributed by atoms with Crippen LogP contribution in [0.5, 0.6) is 0 Å². The molecule has 4 atom stereocenters. The van der Waals surface area contributed by atoms with Crippen LogP contribution in [0.3, 0.4) is 0 Å². The lowest BCUT2D eigenvalue weighted by molar-refractivity contribution is 0.0501. The first-order valence-corrected chi connectivity index (χ1v) is 17.3. The number of aliphatic hydroxyl groups is 1. The summed E-state index contributed by atoms with van der Waals surface area (Å²) in [5.41, 5.74) is -0.496. The minimum absolute atomic E-state index is 0.0451. The summed E-state index contributed by atoms with van der Waals surface area (Å²) >= 11 is 3.56. The minimum Gasteiger partial charge on any atom is -0.444 e. The average Bonchev–Trinajstić information content (AvgIpc) is 3.85. The number of likely N-dealkylation sites (N-methyl/N-ethyl adjacent to an activating group) is 1. The molecule has 0 aromatic heterocycles. The molecule has 8 heteroatoms. The Bertz CT molecular complexity index is 1490. The Morgan fingerprint density at radius 1 is 0.909 bits per heavy atom. The van der Waals surface area contributed by atoms with E-state index in [0.717, 1.165) is 17.9 Å². The molecule has 1 heterocycles. The van der Waals surface area contributed by atoms with Crippen LogP contribution in [0, 0.1) is 5.92 Å². The number of hydrogen-bond acceptors (Lipinski definition) is 7. The van der Waals surface area contributed by atoms with E-state index < -0.39 is 5.60 Å². The summed E-state index contributed by atoms with van der Waals surface area (Å²) in [6, 6.07) is 29.7. The van der Waals surface area contributed by atoms with Gasteiger partial charge in [-0.2, -0.15) is 0 Å². The van der Waals surface area contributed by atoms with Crippen LogP contribution in [-0.4, -0.2) is 66.8 Å². The highest BCUT2D eigenvalue weighted by atomic mass is 32.2. The lowest BCUT2D eigenvalue weighted by Gasteiger charge is -2.22. The molecule has 5 rings (SSSR count). The molecule has 1 saturated heterocycles. The maximum Gasteiger partial charge on any atom is 0.407 e. The smallest absolute Gasteiger partial charge is 0.407 e. The summed E-state index contributed by atoms with van der Waals surface area (Å²) in [6.07, 6.45) is 0.439. The number of fused-ring (bicyclic) bond motifs is 2. The Morgan fingerprint density at radius 2 is 1.43 bits per heavy atom. The molecule has 1 amide bonds. The lowest BCUT2D eigenvalue weighted by Crippen LogP contribution is -2.43. The number of alkyl carbamates (subject to hydrolysis) is 1. The maximum atomic E-state index is 12.0. The van der Waals surface area contributed by atoms with Gasteiger partial charge in [0.15, 0.2) is 0 Å². The molecule has 0 bridgehead atoms. The second kappa shape index (κ2) is 16.5. The van der Waals surface area contributed by atoms with Crippen LogP contribution in [0.2, 0.25) is 0 Å². The largest absolute Gasteiger partial charge is 0.444 e. The molecule has 0 radical (unpaired) electrons. The highest BCUT2D eigenvalue weighted by Gasteiger charge is 2.35. The van der Waals surface area contributed by atoms with Crippen molar-refractivity contribution in [2.24, 2.45) is 5.92 Å². The molecule has 4 aromatic rings. The molecule has 6 nitrogen and oxygen atoms in total. The fourth-order valence-corrected chi connectivity index (χ4v) is 7.05. The van der Waals surface area contributed by atoms with Crippen LogP contribution in [0.1, 0.15) is 34.1 Å². The predicted molar refractivity (Wildman–Crippen MR) is 186 cm³/mol. The lowest BCUT2D eigenvalue weighted by atomic mass is 10.0. The van der Waals surface area contributed by atoms with Crippen LogP contribution in [0.4, 0.5) is 4.79 Å². The number of amides is 1. The molecular weight excluding hydrogens is 589 g/mol. The number of ether oxygens (including phenoxy) is 2. The summed E-state index contributed by atoms with van der Waals surface area (Å²) in [7, 11) is 1.88. The van der Waals surface area contributed by atoms with Gasteiger partial charge in [-0.1, -0.05) is 67.6 Å². The Hall–Kier alpha value is -2.75. The molecule has 4 aromatic carbocycles. The van der Waals surface area contributed by atoms with E-state index in [1.807, 2.05) is 51.7 Å². The Labute approximate surface area is 270 Å². The van der Waals surface area contributed by atoms with Gasteiger partial charge in [-0.05, 0) is 86.0 Å². The number of nitrogens with one attached hydrogen (secondary N) is 2. The quantitative estimate of drug-likeness (QED) is 0.109. The molecule has 0 spiro atoms. The third-order valence-electron chi connectivity index (χ3n) is 7.33. The molecule has 1 aliphatic heterocycles. The van der Waals surface area contributed by atoms with Crippen molar-refractivity contribution < 1.29 is 19.4 Å².